The van der Waals surface area contributed by atoms with Crippen LogP contribution in [0.15, 0.2) is 54.6 Å². The van der Waals surface area contributed by atoms with Gasteiger partial charge in [-0.05, 0) is 49.2 Å². The van der Waals surface area contributed by atoms with Crippen molar-refractivity contribution in [2.45, 2.75) is 43.6 Å². The molecule has 1 spiro atoms. The van der Waals surface area contributed by atoms with Crippen molar-refractivity contribution in [3.63, 3.8) is 0 Å². The van der Waals surface area contributed by atoms with Crippen LogP contribution in [0.25, 0.3) is 0 Å². The van der Waals surface area contributed by atoms with Crippen molar-refractivity contribution in [2.24, 2.45) is 0 Å². The maximum atomic E-state index is 13.7. The molecule has 3 aliphatic heterocycles. The third-order valence-corrected chi connectivity index (χ3v) is 7.25. The molecule has 0 aliphatic carbocycles. The molecule has 190 valence electrons. The average Bonchev–Trinajstić information content (AvgIpc) is 3.56. The summed E-state index contributed by atoms with van der Waals surface area (Å²) in [5.41, 5.74) is -0.106. The van der Waals surface area contributed by atoms with Gasteiger partial charge in [0.25, 0.3) is 11.8 Å². The minimum atomic E-state index is -0.988. The van der Waals surface area contributed by atoms with Gasteiger partial charge >= 0.3 is 0 Å². The molecule has 0 bridgehead atoms. The summed E-state index contributed by atoms with van der Waals surface area (Å²) in [4.78, 5) is 43.1. The number of benzene rings is 2. The van der Waals surface area contributed by atoms with Gasteiger partial charge in [0.2, 0.25) is 5.91 Å². The van der Waals surface area contributed by atoms with Crippen molar-refractivity contribution in [2.75, 3.05) is 32.8 Å². The van der Waals surface area contributed by atoms with Crippen molar-refractivity contribution in [1.29, 1.82) is 0 Å². The van der Waals surface area contributed by atoms with Gasteiger partial charge in [-0.15, -0.1) is 0 Å². The zero-order chi connectivity index (χ0) is 25.1. The molecule has 2 unspecified atom stereocenters. The third-order valence-electron chi connectivity index (χ3n) is 7.25. The molecule has 0 aromatic heterocycles. The number of carbonyl (C=O) groups is 3. The molecular weight excluding hydrogens is 465 g/mol. The topological polar surface area (TPSA) is 88.2 Å². The Labute approximate surface area is 209 Å². The van der Waals surface area contributed by atoms with E-state index >= 15 is 0 Å². The van der Waals surface area contributed by atoms with Crippen LogP contribution in [0.2, 0.25) is 0 Å². The van der Waals surface area contributed by atoms with E-state index in [1.807, 2.05) is 6.07 Å². The van der Waals surface area contributed by atoms with Crippen LogP contribution in [0.5, 0.6) is 0 Å². The molecule has 0 radical (unpaired) electrons. The Hall–Kier alpha value is -3.30. The highest BCUT2D eigenvalue weighted by atomic mass is 19.1. The minimum absolute atomic E-state index is 0.00998. The zero-order valence-electron chi connectivity index (χ0n) is 20.0. The number of rotatable bonds is 5. The molecule has 3 saturated heterocycles. The molecule has 3 fully saturated rings. The number of piperidine rings is 1. The first-order valence-electron chi connectivity index (χ1n) is 12.4. The molecule has 3 heterocycles. The molecule has 8 nitrogen and oxygen atoms in total. The average molecular weight is 496 g/mol. The lowest BCUT2D eigenvalue weighted by Gasteiger charge is -2.44. The fraction of sp³-hybridized carbons (Fsp3) is 0.444. The van der Waals surface area contributed by atoms with E-state index in [1.54, 1.807) is 34.1 Å². The maximum Gasteiger partial charge on any atom is 0.256 e. The van der Waals surface area contributed by atoms with Gasteiger partial charge in [-0.3, -0.25) is 19.3 Å². The van der Waals surface area contributed by atoms with Gasteiger partial charge in [0.15, 0.2) is 0 Å². The summed E-state index contributed by atoms with van der Waals surface area (Å²) in [6, 6.07) is 13.5. The molecule has 5 rings (SSSR count). The summed E-state index contributed by atoms with van der Waals surface area (Å²) in [5.74, 6) is -1.14. The van der Waals surface area contributed by atoms with Gasteiger partial charge < -0.3 is 19.7 Å². The molecule has 2 aromatic carbocycles. The second-order valence-electron chi connectivity index (χ2n) is 9.49. The summed E-state index contributed by atoms with van der Waals surface area (Å²) >= 11 is 0. The standard InChI is InChI=1S/C27H30FN3O5/c28-21-10-8-20(9-11-21)25(33)30-14-12-27(13-15-30)31(26(34)19-5-2-1-3-6-19)23(18-36-27)24(32)29-17-22-7-4-16-35-22/h1-3,5-6,8-11,22-23H,4,7,12-18H2,(H,29,32). The van der Waals surface area contributed by atoms with E-state index in [0.29, 0.717) is 50.2 Å². The van der Waals surface area contributed by atoms with E-state index in [-0.39, 0.29) is 30.4 Å². The Morgan fingerprint density at radius 2 is 1.67 bits per heavy atom. The fourth-order valence-corrected chi connectivity index (χ4v) is 5.26. The Balaban J connectivity index is 1.33. The molecule has 2 aromatic rings. The summed E-state index contributed by atoms with van der Waals surface area (Å²) in [6.45, 7) is 1.87. The number of hydrogen-bond donors (Lipinski definition) is 1. The van der Waals surface area contributed by atoms with Crippen LogP contribution in [-0.4, -0.2) is 78.2 Å². The number of likely N-dealkylation sites (tertiary alicyclic amines) is 1. The summed E-state index contributed by atoms with van der Waals surface area (Å²) < 4.78 is 25.1. The van der Waals surface area contributed by atoms with Gasteiger partial charge in [-0.1, -0.05) is 18.2 Å². The molecule has 3 aliphatic rings. The van der Waals surface area contributed by atoms with Crippen LogP contribution in [0, 0.1) is 5.82 Å². The molecule has 36 heavy (non-hydrogen) atoms. The smallest absolute Gasteiger partial charge is 0.256 e. The monoisotopic (exact) mass is 495 g/mol. The predicted octanol–water partition coefficient (Wildman–Crippen LogP) is 2.59. The molecule has 1 N–H and O–H groups in total. The number of amides is 3. The molecule has 9 heteroatoms. The summed E-state index contributed by atoms with van der Waals surface area (Å²) in [7, 11) is 0. The highest BCUT2D eigenvalue weighted by molar-refractivity contribution is 5.98. The van der Waals surface area contributed by atoms with Gasteiger partial charge in [-0.2, -0.15) is 0 Å². The van der Waals surface area contributed by atoms with Crippen LogP contribution >= 0.6 is 0 Å². The Kier molecular flexibility index (Phi) is 7.02. The first-order valence-corrected chi connectivity index (χ1v) is 12.4. The minimum Gasteiger partial charge on any atom is -0.376 e. The van der Waals surface area contributed by atoms with Crippen molar-refractivity contribution >= 4 is 17.7 Å². The van der Waals surface area contributed by atoms with Crippen LogP contribution in [0.1, 0.15) is 46.4 Å². The number of ether oxygens (including phenoxy) is 2. The largest absolute Gasteiger partial charge is 0.376 e. The highest BCUT2D eigenvalue weighted by Gasteiger charge is 2.54. The van der Waals surface area contributed by atoms with Crippen LogP contribution < -0.4 is 5.32 Å². The van der Waals surface area contributed by atoms with Crippen molar-refractivity contribution in [1.82, 2.24) is 15.1 Å². The Morgan fingerprint density at radius 3 is 2.33 bits per heavy atom. The van der Waals surface area contributed by atoms with Crippen molar-refractivity contribution in [3.05, 3.63) is 71.5 Å². The second kappa shape index (κ2) is 10.4. The number of carbonyl (C=O) groups excluding carboxylic acids is 3. The van der Waals surface area contributed by atoms with E-state index < -0.39 is 17.6 Å². The van der Waals surface area contributed by atoms with E-state index in [2.05, 4.69) is 5.32 Å². The van der Waals surface area contributed by atoms with Crippen LogP contribution in [0.4, 0.5) is 4.39 Å². The fourth-order valence-electron chi connectivity index (χ4n) is 5.26. The lowest BCUT2D eigenvalue weighted by atomic mass is 9.96. The highest BCUT2D eigenvalue weighted by Crippen LogP contribution is 2.39. The quantitative estimate of drug-likeness (QED) is 0.689. The molecule has 2 atom stereocenters. The van der Waals surface area contributed by atoms with E-state index in [4.69, 9.17) is 9.47 Å². The first kappa shape index (κ1) is 24.4. The van der Waals surface area contributed by atoms with Gasteiger partial charge in [0, 0.05) is 50.2 Å². The zero-order valence-corrected chi connectivity index (χ0v) is 20.0. The van der Waals surface area contributed by atoms with Crippen molar-refractivity contribution < 1.29 is 28.2 Å². The molecule has 0 saturated carbocycles. The SMILES string of the molecule is O=C(NCC1CCCO1)C1COC2(CCN(C(=O)c3ccc(F)cc3)CC2)N1C(=O)c1ccccc1. The number of nitrogens with one attached hydrogen (secondary N) is 1. The number of nitrogens with zero attached hydrogens (tertiary/aromatic N) is 2. The van der Waals surface area contributed by atoms with E-state index in [9.17, 15) is 18.8 Å². The van der Waals surface area contributed by atoms with E-state index in [0.717, 1.165) is 12.8 Å². The third kappa shape index (κ3) is 4.85. The Bertz CT molecular complexity index is 1100. The second-order valence-corrected chi connectivity index (χ2v) is 9.49. The maximum absolute atomic E-state index is 13.7. The number of hydrogen-bond acceptors (Lipinski definition) is 5. The van der Waals surface area contributed by atoms with Crippen molar-refractivity contribution in [3.8, 4) is 0 Å². The Morgan fingerprint density at radius 1 is 0.972 bits per heavy atom. The lowest BCUT2D eigenvalue weighted by Crippen LogP contribution is -2.60. The molecule has 3 amide bonds. The normalized spacial score (nSPS) is 23.1. The first-order chi connectivity index (χ1) is 17.5. The lowest BCUT2D eigenvalue weighted by molar-refractivity contribution is -0.128. The molecular formula is C27H30FN3O5. The van der Waals surface area contributed by atoms with Crippen LogP contribution in [0.3, 0.4) is 0 Å². The summed E-state index contributed by atoms with van der Waals surface area (Å²) in [5, 5.41) is 2.94. The van der Waals surface area contributed by atoms with Gasteiger partial charge in [0.1, 0.15) is 17.6 Å². The number of halogens is 1. The van der Waals surface area contributed by atoms with Gasteiger partial charge in [0.05, 0.1) is 12.7 Å². The van der Waals surface area contributed by atoms with E-state index in [1.165, 1.54) is 24.3 Å². The van der Waals surface area contributed by atoms with Gasteiger partial charge in [-0.25, -0.2) is 4.39 Å². The predicted molar refractivity (Wildman–Crippen MR) is 129 cm³/mol. The summed E-state index contributed by atoms with van der Waals surface area (Å²) in [6.07, 6.45) is 2.60. The van der Waals surface area contributed by atoms with Crippen LogP contribution in [-0.2, 0) is 14.3 Å².